The number of fused-ring (bicyclic) bond motifs is 1. The van der Waals surface area contributed by atoms with Crippen LogP contribution in [0.1, 0.15) is 41.7 Å². The van der Waals surface area contributed by atoms with E-state index in [1.807, 2.05) is 0 Å². The molecule has 0 fully saturated rings. The molecule has 31 heavy (non-hydrogen) atoms. The summed E-state index contributed by atoms with van der Waals surface area (Å²) < 4.78 is 15.7. The second kappa shape index (κ2) is 8.80. The highest BCUT2D eigenvalue weighted by atomic mass is 35.5. The molecule has 0 unspecified atom stereocenters. The molecular formula is C21H21Cl2FN6O. The van der Waals surface area contributed by atoms with Gasteiger partial charge < -0.3 is 0 Å². The highest BCUT2D eigenvalue weighted by Gasteiger charge is 2.21. The van der Waals surface area contributed by atoms with Crippen LogP contribution in [0.25, 0.3) is 22.3 Å². The van der Waals surface area contributed by atoms with Crippen molar-refractivity contribution in [2.24, 2.45) is 12.0 Å². The second-order valence-electron chi connectivity index (χ2n) is 7.43. The van der Waals surface area contributed by atoms with E-state index in [2.05, 4.69) is 25.9 Å². The fourth-order valence-corrected chi connectivity index (χ4v) is 4.13. The first-order chi connectivity index (χ1) is 14.8. The summed E-state index contributed by atoms with van der Waals surface area (Å²) in [5.41, 5.74) is 7.82. The molecule has 0 saturated heterocycles. The maximum Gasteiger partial charge on any atom is 0.270 e. The summed E-state index contributed by atoms with van der Waals surface area (Å²) in [4.78, 5) is 22.2. The van der Waals surface area contributed by atoms with Gasteiger partial charge in [0, 0.05) is 25.6 Å². The molecule has 3 heterocycles. The summed E-state index contributed by atoms with van der Waals surface area (Å²) in [7, 11) is 1.73. The van der Waals surface area contributed by atoms with Crippen LogP contribution in [-0.4, -0.2) is 33.1 Å². The lowest BCUT2D eigenvalue weighted by atomic mass is 10.0. The number of aliphatic imine (C=N–C) groups is 1. The fraction of sp³-hybridized carbons (Fsp3) is 0.333. The van der Waals surface area contributed by atoms with E-state index in [4.69, 9.17) is 23.2 Å². The number of carbonyl (C=O) groups excluding carboxylic acids is 1. The Hall–Kier alpha value is -2.71. The van der Waals surface area contributed by atoms with Gasteiger partial charge in [0.2, 0.25) is 0 Å². The van der Waals surface area contributed by atoms with Crippen LogP contribution in [0.4, 0.5) is 4.39 Å². The summed E-state index contributed by atoms with van der Waals surface area (Å²) in [6.07, 6.45) is 3.96. The molecule has 7 nitrogen and oxygen atoms in total. The molecule has 4 rings (SSSR count). The number of halogens is 3. The molecular weight excluding hydrogens is 442 g/mol. The van der Waals surface area contributed by atoms with E-state index in [0.29, 0.717) is 33.5 Å². The molecule has 2 aromatic heterocycles. The van der Waals surface area contributed by atoms with Gasteiger partial charge in [0.15, 0.2) is 5.65 Å². The van der Waals surface area contributed by atoms with Gasteiger partial charge in [0.25, 0.3) is 5.91 Å². The number of hydrogen-bond donors (Lipinski definition) is 2. The fourth-order valence-electron chi connectivity index (χ4n) is 3.65. The Labute approximate surface area is 188 Å². The van der Waals surface area contributed by atoms with Crippen LogP contribution in [0.5, 0.6) is 0 Å². The van der Waals surface area contributed by atoms with Crippen molar-refractivity contribution in [3.05, 3.63) is 45.3 Å². The Balaban J connectivity index is 1.76. The van der Waals surface area contributed by atoms with Crippen LogP contribution >= 0.6 is 23.2 Å². The second-order valence-corrected chi connectivity index (χ2v) is 8.24. The molecule has 1 aliphatic heterocycles. The van der Waals surface area contributed by atoms with E-state index in [0.717, 1.165) is 38.1 Å². The third-order valence-corrected chi connectivity index (χ3v) is 5.80. The number of nitrogens with zero attached hydrogens (tertiary/aromatic N) is 4. The monoisotopic (exact) mass is 462 g/mol. The van der Waals surface area contributed by atoms with E-state index in [1.165, 1.54) is 12.1 Å². The average Bonchev–Trinajstić information content (AvgIpc) is 2.90. The number of benzene rings is 1. The SMILES string of the molecule is Cc1nn(C)c2nc(-c3cc(F)c(Cl)cc3Cl)cc(C(=O)NNC3=NCCCCC3)c12. The molecule has 0 atom stereocenters. The minimum Gasteiger partial charge on any atom is -0.285 e. The number of amides is 1. The number of amidine groups is 1. The van der Waals surface area contributed by atoms with Crippen molar-refractivity contribution in [1.82, 2.24) is 25.6 Å². The Morgan fingerprint density at radius 2 is 1.97 bits per heavy atom. The molecule has 0 spiro atoms. The normalized spacial score (nSPS) is 14.3. The molecule has 3 aromatic rings. The predicted octanol–water partition coefficient (Wildman–Crippen LogP) is 4.60. The zero-order valence-corrected chi connectivity index (χ0v) is 18.6. The quantitative estimate of drug-likeness (QED) is 0.430. The molecule has 0 bridgehead atoms. The van der Waals surface area contributed by atoms with Gasteiger partial charge in [-0.2, -0.15) is 5.10 Å². The Bertz CT molecular complexity index is 1210. The molecule has 0 radical (unpaired) electrons. The summed E-state index contributed by atoms with van der Waals surface area (Å²) in [5, 5.41) is 5.14. The van der Waals surface area contributed by atoms with Crippen molar-refractivity contribution in [1.29, 1.82) is 0 Å². The lowest BCUT2D eigenvalue weighted by molar-refractivity contribution is 0.0945. The van der Waals surface area contributed by atoms with Crippen molar-refractivity contribution in [3.8, 4) is 11.3 Å². The zero-order chi connectivity index (χ0) is 22.1. The van der Waals surface area contributed by atoms with Crippen molar-refractivity contribution in [3.63, 3.8) is 0 Å². The van der Waals surface area contributed by atoms with E-state index in [9.17, 15) is 9.18 Å². The first-order valence-corrected chi connectivity index (χ1v) is 10.7. The maximum absolute atomic E-state index is 14.1. The molecule has 0 saturated carbocycles. The lowest BCUT2D eigenvalue weighted by Crippen LogP contribution is -2.41. The van der Waals surface area contributed by atoms with Gasteiger partial charge in [-0.25, -0.2) is 9.37 Å². The third kappa shape index (κ3) is 4.36. The largest absolute Gasteiger partial charge is 0.285 e. The maximum atomic E-state index is 14.1. The van der Waals surface area contributed by atoms with Crippen molar-refractivity contribution < 1.29 is 9.18 Å². The number of aryl methyl sites for hydroxylation is 2. The van der Waals surface area contributed by atoms with Crippen LogP contribution in [-0.2, 0) is 7.05 Å². The lowest BCUT2D eigenvalue weighted by Gasteiger charge is -2.13. The van der Waals surface area contributed by atoms with E-state index in [-0.39, 0.29) is 16.0 Å². The number of nitrogens with one attached hydrogen (secondary N) is 2. The molecule has 2 N–H and O–H groups in total. The van der Waals surface area contributed by atoms with Crippen LogP contribution in [0.15, 0.2) is 23.2 Å². The highest BCUT2D eigenvalue weighted by molar-refractivity contribution is 6.36. The summed E-state index contributed by atoms with van der Waals surface area (Å²) in [5.74, 6) is -0.243. The molecule has 0 aliphatic carbocycles. The zero-order valence-electron chi connectivity index (χ0n) is 17.1. The average molecular weight is 463 g/mol. The minimum atomic E-state index is -0.622. The van der Waals surface area contributed by atoms with E-state index in [1.54, 1.807) is 24.7 Å². The highest BCUT2D eigenvalue weighted by Crippen LogP contribution is 2.34. The van der Waals surface area contributed by atoms with E-state index >= 15 is 0 Å². The molecule has 1 aromatic carbocycles. The number of rotatable bonds is 2. The van der Waals surface area contributed by atoms with Crippen LogP contribution in [0.2, 0.25) is 10.0 Å². The van der Waals surface area contributed by atoms with E-state index < -0.39 is 5.82 Å². The van der Waals surface area contributed by atoms with Gasteiger partial charge in [-0.15, -0.1) is 0 Å². The van der Waals surface area contributed by atoms with Gasteiger partial charge in [-0.05, 0) is 38.0 Å². The third-order valence-electron chi connectivity index (χ3n) is 5.19. The molecule has 10 heteroatoms. The number of hydrazine groups is 1. The number of hydrogen-bond acceptors (Lipinski definition) is 5. The Kier molecular flexibility index (Phi) is 6.11. The van der Waals surface area contributed by atoms with Gasteiger partial charge in [0.1, 0.15) is 11.7 Å². The molecule has 162 valence electrons. The summed E-state index contributed by atoms with van der Waals surface area (Å²) in [6, 6.07) is 4.11. The molecule has 1 amide bonds. The van der Waals surface area contributed by atoms with Gasteiger partial charge in [-0.3, -0.25) is 25.3 Å². The van der Waals surface area contributed by atoms with Gasteiger partial charge in [-0.1, -0.05) is 29.6 Å². The van der Waals surface area contributed by atoms with Gasteiger partial charge in [0.05, 0.1) is 32.4 Å². The van der Waals surface area contributed by atoms with Crippen molar-refractivity contribution >= 4 is 46.0 Å². The standard InChI is InChI=1S/C21H21Cl2FN6O/c1-11-19-13(21(31)28-27-18-6-4-3-5-7-25-18)9-17(26-20(19)30(2)29-11)12-8-16(24)15(23)10-14(12)22/h8-10H,3-7H2,1-2H3,(H,25,27)(H,28,31). The first kappa shape index (κ1) is 21.5. The number of carbonyl (C=O) groups is 1. The van der Waals surface area contributed by atoms with Gasteiger partial charge >= 0.3 is 0 Å². The Morgan fingerprint density at radius 1 is 1.16 bits per heavy atom. The smallest absolute Gasteiger partial charge is 0.270 e. The van der Waals surface area contributed by atoms with Crippen LogP contribution < -0.4 is 10.9 Å². The summed E-state index contributed by atoms with van der Waals surface area (Å²) in [6.45, 7) is 2.54. The Morgan fingerprint density at radius 3 is 2.77 bits per heavy atom. The summed E-state index contributed by atoms with van der Waals surface area (Å²) >= 11 is 12.1. The van der Waals surface area contributed by atoms with Crippen LogP contribution in [0, 0.1) is 12.7 Å². The predicted molar refractivity (Wildman–Crippen MR) is 120 cm³/mol. The first-order valence-electron chi connectivity index (χ1n) is 9.94. The van der Waals surface area contributed by atoms with Crippen molar-refractivity contribution in [2.45, 2.75) is 32.6 Å². The number of pyridine rings is 1. The topological polar surface area (TPSA) is 84.2 Å². The number of aromatic nitrogens is 3. The minimum absolute atomic E-state index is 0.0856. The van der Waals surface area contributed by atoms with Crippen molar-refractivity contribution in [2.75, 3.05) is 6.54 Å². The molecule has 1 aliphatic rings. The van der Waals surface area contributed by atoms with Crippen LogP contribution in [0.3, 0.4) is 0 Å².